The second-order valence-electron chi connectivity index (χ2n) is 5.59. The third-order valence-corrected chi connectivity index (χ3v) is 3.78. The lowest BCUT2D eigenvalue weighted by atomic mass is 10.0. The first-order chi connectivity index (χ1) is 9.72. The van der Waals surface area contributed by atoms with Crippen LogP contribution in [-0.2, 0) is 16.0 Å². The molecule has 0 radical (unpaired) electrons. The summed E-state index contributed by atoms with van der Waals surface area (Å²) in [6, 6.07) is 3.87. The maximum absolute atomic E-state index is 11.4. The second kappa shape index (κ2) is 5.71. The van der Waals surface area contributed by atoms with Crippen LogP contribution in [-0.4, -0.2) is 25.7 Å². The van der Waals surface area contributed by atoms with Gasteiger partial charge in [0.25, 0.3) is 0 Å². The van der Waals surface area contributed by atoms with E-state index in [4.69, 9.17) is 10.5 Å². The molecule has 1 heterocycles. The molecule has 2 aliphatic rings. The average molecular weight is 275 g/mol. The SMILES string of the molecule is Nc1cc2c(cc1NCCOCC1CC1)NC(=O)CC2. The fraction of sp³-hybridized carbons (Fsp3) is 0.533. The van der Waals surface area contributed by atoms with Gasteiger partial charge < -0.3 is 21.1 Å². The highest BCUT2D eigenvalue weighted by atomic mass is 16.5. The molecule has 1 amide bonds. The molecule has 0 atom stereocenters. The van der Waals surface area contributed by atoms with Crippen LogP contribution in [0.5, 0.6) is 0 Å². The molecular weight excluding hydrogens is 254 g/mol. The van der Waals surface area contributed by atoms with E-state index in [-0.39, 0.29) is 5.91 Å². The van der Waals surface area contributed by atoms with Crippen LogP contribution in [0.15, 0.2) is 12.1 Å². The van der Waals surface area contributed by atoms with Gasteiger partial charge in [0.05, 0.1) is 18.0 Å². The first-order valence-electron chi connectivity index (χ1n) is 7.26. The van der Waals surface area contributed by atoms with Gasteiger partial charge in [0.2, 0.25) is 5.91 Å². The number of hydrogen-bond donors (Lipinski definition) is 3. The summed E-state index contributed by atoms with van der Waals surface area (Å²) in [6.45, 7) is 2.28. The van der Waals surface area contributed by atoms with E-state index in [1.54, 1.807) is 0 Å². The number of amides is 1. The summed E-state index contributed by atoms with van der Waals surface area (Å²) in [5.41, 5.74) is 9.60. The second-order valence-corrected chi connectivity index (χ2v) is 5.59. The fourth-order valence-corrected chi connectivity index (χ4v) is 2.39. The molecule has 0 aromatic heterocycles. The summed E-state index contributed by atoms with van der Waals surface area (Å²) in [4.78, 5) is 11.4. The number of nitrogens with one attached hydrogen (secondary N) is 2. The van der Waals surface area contributed by atoms with Crippen LogP contribution in [0, 0.1) is 5.92 Å². The number of nitrogens with two attached hydrogens (primary N) is 1. The predicted molar refractivity (Wildman–Crippen MR) is 79.8 cm³/mol. The molecule has 1 aromatic rings. The maximum atomic E-state index is 11.4. The van der Waals surface area contributed by atoms with Gasteiger partial charge in [0.1, 0.15) is 0 Å². The zero-order chi connectivity index (χ0) is 13.9. The normalized spacial score (nSPS) is 17.5. The molecule has 0 unspecified atom stereocenters. The fourth-order valence-electron chi connectivity index (χ4n) is 2.39. The molecule has 108 valence electrons. The van der Waals surface area contributed by atoms with E-state index in [0.717, 1.165) is 48.1 Å². The van der Waals surface area contributed by atoms with Crippen molar-refractivity contribution in [3.8, 4) is 0 Å². The molecule has 0 bridgehead atoms. The Morgan fingerprint density at radius 2 is 2.20 bits per heavy atom. The number of rotatable bonds is 6. The first kappa shape index (κ1) is 13.2. The summed E-state index contributed by atoms with van der Waals surface area (Å²) < 4.78 is 5.58. The van der Waals surface area contributed by atoms with Crippen LogP contribution in [0.25, 0.3) is 0 Å². The molecule has 0 spiro atoms. The van der Waals surface area contributed by atoms with Gasteiger partial charge in [0, 0.05) is 25.3 Å². The van der Waals surface area contributed by atoms with E-state index >= 15 is 0 Å². The van der Waals surface area contributed by atoms with Crippen molar-refractivity contribution in [3.05, 3.63) is 17.7 Å². The van der Waals surface area contributed by atoms with Crippen molar-refractivity contribution < 1.29 is 9.53 Å². The molecule has 0 saturated heterocycles. The van der Waals surface area contributed by atoms with Crippen LogP contribution >= 0.6 is 0 Å². The summed E-state index contributed by atoms with van der Waals surface area (Å²) in [7, 11) is 0. The Morgan fingerprint density at radius 3 is 3.00 bits per heavy atom. The standard InChI is InChI=1S/C15H21N3O2/c16-12-7-11-3-4-15(19)18-13(11)8-14(12)17-5-6-20-9-10-1-2-10/h7-8,10,17H,1-6,9,16H2,(H,18,19). The lowest BCUT2D eigenvalue weighted by Crippen LogP contribution is -2.20. The summed E-state index contributed by atoms with van der Waals surface area (Å²) >= 11 is 0. The van der Waals surface area contributed by atoms with Gasteiger partial charge in [-0.25, -0.2) is 0 Å². The Hall–Kier alpha value is -1.75. The first-order valence-corrected chi connectivity index (χ1v) is 7.26. The van der Waals surface area contributed by atoms with Crippen LogP contribution < -0.4 is 16.4 Å². The molecule has 5 heteroatoms. The number of fused-ring (bicyclic) bond motifs is 1. The number of benzene rings is 1. The van der Waals surface area contributed by atoms with Gasteiger partial charge in [-0.2, -0.15) is 0 Å². The monoisotopic (exact) mass is 275 g/mol. The number of carbonyl (C=O) groups is 1. The van der Waals surface area contributed by atoms with Crippen molar-refractivity contribution in [2.75, 3.05) is 36.1 Å². The number of nitrogen functional groups attached to an aromatic ring is 1. The van der Waals surface area contributed by atoms with E-state index < -0.39 is 0 Å². The number of ether oxygens (including phenoxy) is 1. The highest BCUT2D eigenvalue weighted by Crippen LogP contribution is 2.31. The lowest BCUT2D eigenvalue weighted by molar-refractivity contribution is -0.116. The maximum Gasteiger partial charge on any atom is 0.224 e. The van der Waals surface area contributed by atoms with Crippen molar-refractivity contribution in [2.45, 2.75) is 25.7 Å². The average Bonchev–Trinajstić information content (AvgIpc) is 3.23. The number of anilines is 3. The molecule has 1 fully saturated rings. The molecule has 5 nitrogen and oxygen atoms in total. The van der Waals surface area contributed by atoms with Crippen LogP contribution in [0.3, 0.4) is 0 Å². The Balaban J connectivity index is 1.55. The lowest BCUT2D eigenvalue weighted by Gasteiger charge is -2.19. The van der Waals surface area contributed by atoms with Crippen molar-refractivity contribution in [2.24, 2.45) is 5.92 Å². The van der Waals surface area contributed by atoms with Crippen molar-refractivity contribution in [3.63, 3.8) is 0 Å². The highest BCUT2D eigenvalue weighted by Gasteiger charge is 2.21. The van der Waals surface area contributed by atoms with Crippen LogP contribution in [0.4, 0.5) is 17.1 Å². The van der Waals surface area contributed by atoms with Crippen LogP contribution in [0.1, 0.15) is 24.8 Å². The molecule has 1 aromatic carbocycles. The van der Waals surface area contributed by atoms with Gasteiger partial charge >= 0.3 is 0 Å². The van der Waals surface area contributed by atoms with Crippen LogP contribution in [0.2, 0.25) is 0 Å². The molecule has 20 heavy (non-hydrogen) atoms. The van der Waals surface area contributed by atoms with Gasteiger partial charge in [-0.05, 0) is 42.9 Å². The Morgan fingerprint density at radius 1 is 1.35 bits per heavy atom. The Labute approximate surface area is 118 Å². The Kier molecular flexibility index (Phi) is 3.78. The van der Waals surface area contributed by atoms with Gasteiger partial charge in [0.15, 0.2) is 0 Å². The van der Waals surface area contributed by atoms with E-state index in [1.807, 2.05) is 12.1 Å². The third-order valence-electron chi connectivity index (χ3n) is 3.78. The summed E-state index contributed by atoms with van der Waals surface area (Å²) in [5.74, 6) is 0.861. The number of carbonyl (C=O) groups excluding carboxylic acids is 1. The zero-order valence-electron chi connectivity index (χ0n) is 11.6. The van der Waals surface area contributed by atoms with Gasteiger partial charge in [-0.1, -0.05) is 0 Å². The molecule has 3 rings (SSSR count). The smallest absolute Gasteiger partial charge is 0.224 e. The molecule has 4 N–H and O–H groups in total. The number of hydrogen-bond acceptors (Lipinski definition) is 4. The minimum atomic E-state index is 0.0704. The van der Waals surface area contributed by atoms with E-state index in [2.05, 4.69) is 10.6 Å². The largest absolute Gasteiger partial charge is 0.397 e. The Bertz CT molecular complexity index is 512. The van der Waals surface area contributed by atoms with E-state index in [0.29, 0.717) is 13.0 Å². The van der Waals surface area contributed by atoms with Gasteiger partial charge in [-0.15, -0.1) is 0 Å². The summed E-state index contributed by atoms with van der Waals surface area (Å²) in [6.07, 6.45) is 3.92. The third kappa shape index (κ3) is 3.22. The van der Waals surface area contributed by atoms with E-state index in [1.165, 1.54) is 12.8 Å². The molecular formula is C15H21N3O2. The molecule has 1 saturated carbocycles. The van der Waals surface area contributed by atoms with Crippen molar-refractivity contribution in [1.29, 1.82) is 0 Å². The molecule has 1 aliphatic carbocycles. The zero-order valence-corrected chi connectivity index (χ0v) is 11.6. The molecule has 1 aliphatic heterocycles. The minimum Gasteiger partial charge on any atom is -0.397 e. The van der Waals surface area contributed by atoms with Crippen molar-refractivity contribution >= 4 is 23.0 Å². The van der Waals surface area contributed by atoms with Gasteiger partial charge in [-0.3, -0.25) is 4.79 Å². The topological polar surface area (TPSA) is 76.4 Å². The number of aryl methyl sites for hydroxylation is 1. The summed E-state index contributed by atoms with van der Waals surface area (Å²) in [5, 5.41) is 6.16. The highest BCUT2D eigenvalue weighted by molar-refractivity contribution is 5.95. The quantitative estimate of drug-likeness (QED) is 0.548. The van der Waals surface area contributed by atoms with E-state index in [9.17, 15) is 4.79 Å². The minimum absolute atomic E-state index is 0.0704. The van der Waals surface area contributed by atoms with Crippen molar-refractivity contribution in [1.82, 2.24) is 0 Å². The predicted octanol–water partition coefficient (Wildman–Crippen LogP) is 1.99.